The van der Waals surface area contributed by atoms with Gasteiger partial charge in [-0.25, -0.2) is 0 Å². The predicted molar refractivity (Wildman–Crippen MR) is 113 cm³/mol. The summed E-state index contributed by atoms with van der Waals surface area (Å²) in [6.07, 6.45) is 14.2. The first-order chi connectivity index (χ1) is 13.1. The molecule has 0 aliphatic carbocycles. The van der Waals surface area contributed by atoms with Crippen LogP contribution in [0.5, 0.6) is 0 Å². The zero-order chi connectivity index (χ0) is 22.5. The molecule has 0 fully saturated rings. The van der Waals surface area contributed by atoms with E-state index in [1.807, 2.05) is 0 Å². The molecule has 0 spiro atoms. The van der Waals surface area contributed by atoms with E-state index in [1.54, 1.807) is 0 Å². The molecule has 29 heavy (non-hydrogen) atoms. The van der Waals surface area contributed by atoms with Gasteiger partial charge >= 0.3 is 33.0 Å². The molecular formula is C21H38F6NP. The van der Waals surface area contributed by atoms with Crippen LogP contribution >= 0.6 is 7.81 Å². The molecule has 1 rings (SSSR count). The second-order valence-electron chi connectivity index (χ2n) is 8.44. The van der Waals surface area contributed by atoms with E-state index in [9.17, 15) is 25.2 Å². The summed E-state index contributed by atoms with van der Waals surface area (Å²) in [5.41, 5.74) is 1.46. The fraction of sp³-hybridized carbons (Fsp3) is 0.714. The van der Waals surface area contributed by atoms with Crippen molar-refractivity contribution in [3.05, 3.63) is 35.9 Å². The van der Waals surface area contributed by atoms with Gasteiger partial charge in [-0.1, -0.05) is 88.6 Å². The number of halogens is 6. The predicted octanol–water partition coefficient (Wildman–Crippen LogP) is 9.57. The van der Waals surface area contributed by atoms with E-state index in [0.29, 0.717) is 0 Å². The molecule has 8 heteroatoms. The van der Waals surface area contributed by atoms with E-state index in [2.05, 4.69) is 51.4 Å². The molecule has 0 saturated heterocycles. The normalized spacial score (nSPS) is 14.5. The van der Waals surface area contributed by atoms with E-state index in [0.717, 1.165) is 11.0 Å². The van der Waals surface area contributed by atoms with Crippen molar-refractivity contribution in [1.82, 2.24) is 0 Å². The Morgan fingerprint density at radius 3 is 1.45 bits per heavy atom. The Hall–Kier alpha value is -0.810. The summed E-state index contributed by atoms with van der Waals surface area (Å²) in [6, 6.07) is 10.9. The van der Waals surface area contributed by atoms with Crippen molar-refractivity contribution in [1.29, 1.82) is 0 Å². The van der Waals surface area contributed by atoms with E-state index in [-0.39, 0.29) is 0 Å². The van der Waals surface area contributed by atoms with Gasteiger partial charge in [0.15, 0.2) is 0 Å². The van der Waals surface area contributed by atoms with Gasteiger partial charge in [-0.05, 0) is 12.8 Å². The number of hydrogen-bond donors (Lipinski definition) is 0. The number of nitrogens with zero attached hydrogens (tertiary/aromatic N) is 1. The summed E-state index contributed by atoms with van der Waals surface area (Å²) in [4.78, 5) is 0. The topological polar surface area (TPSA) is 0 Å². The van der Waals surface area contributed by atoms with E-state index in [4.69, 9.17) is 0 Å². The second kappa shape index (κ2) is 11.5. The Labute approximate surface area is 172 Å². The molecule has 0 radical (unpaired) electrons. The molecule has 0 bridgehead atoms. The Kier molecular flexibility index (Phi) is 11.2. The Morgan fingerprint density at radius 2 is 1.03 bits per heavy atom. The Balaban J connectivity index is 0.000000956. The molecule has 1 aromatic rings. The van der Waals surface area contributed by atoms with Crippen LogP contribution in [0.3, 0.4) is 0 Å². The molecule has 0 aromatic heterocycles. The first-order valence-electron chi connectivity index (χ1n) is 10.5. The maximum atomic E-state index is 9.87. The minimum atomic E-state index is -10.7. The van der Waals surface area contributed by atoms with Gasteiger partial charge in [0.25, 0.3) is 0 Å². The van der Waals surface area contributed by atoms with Gasteiger partial charge in [0.05, 0.1) is 20.6 Å². The van der Waals surface area contributed by atoms with E-state index < -0.39 is 7.81 Å². The van der Waals surface area contributed by atoms with Crippen LogP contribution in [0.1, 0.15) is 76.7 Å². The van der Waals surface area contributed by atoms with E-state index in [1.165, 1.54) is 76.3 Å². The molecule has 0 amide bonds. The number of hydrogen-bond acceptors (Lipinski definition) is 0. The summed E-state index contributed by atoms with van der Waals surface area (Å²) in [5, 5.41) is 0. The molecule has 0 N–H and O–H groups in total. The van der Waals surface area contributed by atoms with Gasteiger partial charge in [0.2, 0.25) is 0 Å². The molecule has 0 saturated carbocycles. The molecule has 0 aliphatic rings. The summed E-state index contributed by atoms with van der Waals surface area (Å²) >= 11 is 0. The standard InChI is InChI=1S/C21H38N.F6P/c1-4-5-6-7-8-9-10-11-12-16-19-22(2,3)20-21-17-14-13-15-18-21;1-7(2,3,4,5)6/h13-15,17-18H,4-12,16,19-20H2,1-3H3;/q+1;-1. The van der Waals surface area contributed by atoms with Crippen molar-refractivity contribution < 1.29 is 29.7 Å². The summed E-state index contributed by atoms with van der Waals surface area (Å²) in [6.45, 7) is 4.74. The molecule has 0 aliphatic heterocycles. The second-order valence-corrected chi connectivity index (χ2v) is 10.4. The van der Waals surface area contributed by atoms with Crippen molar-refractivity contribution in [3.63, 3.8) is 0 Å². The van der Waals surface area contributed by atoms with Gasteiger partial charge in [0, 0.05) is 5.56 Å². The number of unbranched alkanes of at least 4 members (excludes halogenated alkanes) is 9. The minimum absolute atomic E-state index is 1.11. The molecule has 0 atom stereocenters. The molecule has 174 valence electrons. The first kappa shape index (κ1) is 28.2. The molecule has 1 nitrogen and oxygen atoms in total. The monoisotopic (exact) mass is 449 g/mol. The maximum absolute atomic E-state index is 10.7. The molecule has 1 aromatic carbocycles. The number of rotatable bonds is 13. The molecular weight excluding hydrogens is 411 g/mol. The van der Waals surface area contributed by atoms with Crippen molar-refractivity contribution >= 4 is 7.81 Å². The van der Waals surface area contributed by atoms with Crippen molar-refractivity contribution in [3.8, 4) is 0 Å². The average Bonchev–Trinajstić information content (AvgIpc) is 2.54. The quantitative estimate of drug-likeness (QED) is 0.122. The fourth-order valence-corrected chi connectivity index (χ4v) is 3.18. The fourth-order valence-electron chi connectivity index (χ4n) is 3.18. The van der Waals surface area contributed by atoms with Crippen LogP contribution in [0.15, 0.2) is 30.3 Å². The van der Waals surface area contributed by atoms with Gasteiger partial charge in [0.1, 0.15) is 6.54 Å². The zero-order valence-electron chi connectivity index (χ0n) is 18.0. The Morgan fingerprint density at radius 1 is 0.655 bits per heavy atom. The third-order valence-corrected chi connectivity index (χ3v) is 4.57. The third kappa shape index (κ3) is 27.2. The van der Waals surface area contributed by atoms with Crippen LogP contribution < -0.4 is 0 Å². The third-order valence-electron chi connectivity index (χ3n) is 4.57. The first-order valence-corrected chi connectivity index (χ1v) is 12.5. The SMILES string of the molecule is CCCCCCCCCCCC[N+](C)(C)Cc1ccccc1.F[P-](F)(F)(F)(F)F. The summed E-state index contributed by atoms with van der Waals surface area (Å²) in [5.74, 6) is 0. The summed E-state index contributed by atoms with van der Waals surface area (Å²) < 4.78 is 60.3. The average molecular weight is 450 g/mol. The molecule has 0 unspecified atom stereocenters. The van der Waals surface area contributed by atoms with Gasteiger partial charge < -0.3 is 4.48 Å². The van der Waals surface area contributed by atoms with Crippen molar-refractivity contribution in [2.75, 3.05) is 20.6 Å². The van der Waals surface area contributed by atoms with E-state index >= 15 is 0 Å². The number of benzene rings is 1. The van der Waals surface area contributed by atoms with Crippen LogP contribution in [0.4, 0.5) is 25.2 Å². The Bertz CT molecular complexity index is 531. The zero-order valence-corrected chi connectivity index (χ0v) is 18.9. The van der Waals surface area contributed by atoms with Crippen LogP contribution in [0.2, 0.25) is 0 Å². The van der Waals surface area contributed by atoms with Crippen LogP contribution in [0, 0.1) is 0 Å². The van der Waals surface area contributed by atoms with Crippen LogP contribution in [-0.4, -0.2) is 25.1 Å². The van der Waals surface area contributed by atoms with Gasteiger partial charge in [-0.15, -0.1) is 0 Å². The van der Waals surface area contributed by atoms with Crippen LogP contribution in [0.25, 0.3) is 0 Å². The van der Waals surface area contributed by atoms with Gasteiger partial charge in [-0.3, -0.25) is 0 Å². The van der Waals surface area contributed by atoms with Crippen molar-refractivity contribution in [2.45, 2.75) is 77.7 Å². The molecule has 0 heterocycles. The van der Waals surface area contributed by atoms with Crippen LogP contribution in [-0.2, 0) is 6.54 Å². The summed E-state index contributed by atoms with van der Waals surface area (Å²) in [7, 11) is -5.93. The number of quaternary nitrogens is 1. The van der Waals surface area contributed by atoms with Gasteiger partial charge in [-0.2, -0.15) is 0 Å². The van der Waals surface area contributed by atoms with Crippen molar-refractivity contribution in [2.24, 2.45) is 0 Å².